The molecule has 6 rings (SSSR count). The lowest BCUT2D eigenvalue weighted by molar-refractivity contribution is 0.815. The topological polar surface area (TPSA) is 61.4 Å². The minimum atomic E-state index is 0.747. The minimum absolute atomic E-state index is 0.747. The van der Waals surface area contributed by atoms with Crippen LogP contribution in [0.15, 0.2) is 97.5 Å². The van der Waals surface area contributed by atoms with Gasteiger partial charge in [-0.05, 0) is 42.0 Å². The van der Waals surface area contributed by atoms with Crippen molar-refractivity contribution in [1.29, 1.82) is 0 Å². The van der Waals surface area contributed by atoms with Crippen molar-refractivity contribution in [3.05, 3.63) is 109 Å². The Kier molecular flexibility index (Phi) is 4.06. The molecule has 0 amide bonds. The Labute approximate surface area is 178 Å². The average Bonchev–Trinajstić information content (AvgIpc) is 3.45. The maximum atomic E-state index is 4.81. The second kappa shape index (κ2) is 7.18. The van der Waals surface area contributed by atoms with Gasteiger partial charge in [-0.25, -0.2) is 14.3 Å². The zero-order chi connectivity index (χ0) is 20.6. The third-order valence-corrected chi connectivity index (χ3v) is 5.34. The van der Waals surface area contributed by atoms with Gasteiger partial charge in [0.1, 0.15) is 0 Å². The maximum absolute atomic E-state index is 4.81. The summed E-state index contributed by atoms with van der Waals surface area (Å²) in [6.07, 6.45) is 6.62. The molecule has 0 radical (unpaired) electrons. The Balaban J connectivity index is 1.40. The first-order chi connectivity index (χ1) is 15.3. The maximum Gasteiger partial charge on any atom is 0.155 e. The Morgan fingerprint density at radius 3 is 2.23 bits per heavy atom. The van der Waals surface area contributed by atoms with Gasteiger partial charge in [0, 0.05) is 41.5 Å². The molecule has 0 spiro atoms. The van der Waals surface area contributed by atoms with Gasteiger partial charge in [0.05, 0.1) is 11.0 Å². The summed E-state index contributed by atoms with van der Waals surface area (Å²) in [6.45, 7) is 0. The van der Waals surface area contributed by atoms with Gasteiger partial charge < -0.3 is 0 Å². The zero-order valence-electron chi connectivity index (χ0n) is 16.6. The van der Waals surface area contributed by atoms with Gasteiger partial charge in [0.25, 0.3) is 0 Å². The smallest absolute Gasteiger partial charge is 0.155 e. The molecule has 0 fully saturated rings. The Bertz CT molecular complexity index is 1480. The van der Waals surface area contributed by atoms with Crippen molar-refractivity contribution in [3.63, 3.8) is 0 Å². The monoisotopic (exact) mass is 402 g/mol. The van der Waals surface area contributed by atoms with Crippen molar-refractivity contribution in [2.75, 3.05) is 0 Å². The van der Waals surface area contributed by atoms with E-state index >= 15 is 0 Å². The van der Waals surface area contributed by atoms with Gasteiger partial charge in [0.15, 0.2) is 11.6 Å². The summed E-state index contributed by atoms with van der Waals surface area (Å²) in [5, 5.41) is 11.6. The largest absolute Gasteiger partial charge is 0.261 e. The highest BCUT2D eigenvalue weighted by Gasteiger charge is 2.10. The number of rotatable bonds is 4. The Morgan fingerprint density at radius 1 is 0.645 bits per heavy atom. The van der Waals surface area contributed by atoms with Gasteiger partial charge in [-0.2, -0.15) is 10.2 Å². The third kappa shape index (κ3) is 3.24. The van der Waals surface area contributed by atoms with E-state index in [1.54, 1.807) is 0 Å². The first kappa shape index (κ1) is 17.5. The quantitative estimate of drug-likeness (QED) is 0.427. The highest BCUT2D eigenvalue weighted by molar-refractivity contribution is 5.82. The average molecular weight is 402 g/mol. The molecule has 6 aromatic rings. The second-order valence-corrected chi connectivity index (χ2v) is 7.41. The lowest BCUT2D eigenvalue weighted by atomic mass is 10.1. The standard InChI is InChI=1S/C25H18N6/c1-2-10-22-19(7-1)16-30(28-22)24-12-6-13-25(27-24)31-17-21-18(8-5-11-23(21)29-31)15-20-9-3-4-14-26-20/h1-14,16-17H,15H2. The molecule has 0 aliphatic rings. The van der Waals surface area contributed by atoms with Crippen molar-refractivity contribution in [1.82, 2.24) is 29.5 Å². The van der Waals surface area contributed by atoms with Crippen molar-refractivity contribution < 1.29 is 0 Å². The first-order valence-electron chi connectivity index (χ1n) is 10.1. The van der Waals surface area contributed by atoms with Crippen LogP contribution < -0.4 is 0 Å². The van der Waals surface area contributed by atoms with Crippen molar-refractivity contribution in [2.24, 2.45) is 0 Å². The zero-order valence-corrected chi connectivity index (χ0v) is 16.6. The fourth-order valence-electron chi connectivity index (χ4n) is 3.82. The van der Waals surface area contributed by atoms with E-state index in [0.717, 1.165) is 45.6 Å². The number of pyridine rings is 2. The number of nitrogens with zero attached hydrogens (tertiary/aromatic N) is 6. The van der Waals surface area contributed by atoms with Crippen LogP contribution >= 0.6 is 0 Å². The first-order valence-corrected chi connectivity index (χ1v) is 10.1. The number of hydrogen-bond donors (Lipinski definition) is 0. The summed E-state index contributed by atoms with van der Waals surface area (Å²) in [6, 6.07) is 26.1. The molecule has 0 N–H and O–H groups in total. The van der Waals surface area contributed by atoms with Crippen molar-refractivity contribution in [2.45, 2.75) is 6.42 Å². The molecule has 0 saturated carbocycles. The van der Waals surface area contributed by atoms with Gasteiger partial charge in [-0.1, -0.05) is 42.5 Å². The SMILES string of the molecule is c1ccc(Cc2cccc3nn(-c4cccc(-n5cc6ccccc6n5)n4)cc23)nc1. The normalized spacial score (nSPS) is 11.4. The molecule has 0 unspecified atom stereocenters. The van der Waals surface area contributed by atoms with Crippen LogP contribution in [0, 0.1) is 0 Å². The summed E-state index contributed by atoms with van der Waals surface area (Å²) >= 11 is 0. The van der Waals surface area contributed by atoms with Gasteiger partial charge >= 0.3 is 0 Å². The molecule has 4 aromatic heterocycles. The number of hydrogen-bond acceptors (Lipinski definition) is 4. The third-order valence-electron chi connectivity index (χ3n) is 5.34. The molecular formula is C25H18N6. The summed E-state index contributed by atoms with van der Waals surface area (Å²) in [4.78, 5) is 9.27. The molecule has 0 aliphatic heterocycles. The van der Waals surface area contributed by atoms with Crippen molar-refractivity contribution in [3.8, 4) is 11.6 Å². The van der Waals surface area contributed by atoms with E-state index in [1.807, 2.05) is 101 Å². The molecule has 4 heterocycles. The lowest BCUT2D eigenvalue weighted by Gasteiger charge is -2.04. The van der Waals surface area contributed by atoms with Crippen LogP contribution in [0.25, 0.3) is 33.4 Å². The fraction of sp³-hybridized carbons (Fsp3) is 0.0400. The lowest BCUT2D eigenvalue weighted by Crippen LogP contribution is -2.03. The summed E-state index contributed by atoms with van der Waals surface area (Å²) in [5.74, 6) is 1.50. The molecule has 6 heteroatoms. The van der Waals surface area contributed by atoms with Gasteiger partial charge in [0.2, 0.25) is 0 Å². The van der Waals surface area contributed by atoms with E-state index in [4.69, 9.17) is 10.1 Å². The summed E-state index contributed by atoms with van der Waals surface area (Å²) in [7, 11) is 0. The van der Waals surface area contributed by atoms with Gasteiger partial charge in [-0.15, -0.1) is 0 Å². The summed E-state index contributed by atoms with van der Waals surface area (Å²) < 4.78 is 3.64. The fourth-order valence-corrected chi connectivity index (χ4v) is 3.82. The van der Waals surface area contributed by atoms with Crippen LogP contribution in [0.5, 0.6) is 0 Å². The minimum Gasteiger partial charge on any atom is -0.261 e. The van der Waals surface area contributed by atoms with Crippen LogP contribution in [0.1, 0.15) is 11.3 Å². The van der Waals surface area contributed by atoms with Crippen LogP contribution in [-0.2, 0) is 6.42 Å². The second-order valence-electron chi connectivity index (χ2n) is 7.41. The van der Waals surface area contributed by atoms with E-state index < -0.39 is 0 Å². The molecule has 31 heavy (non-hydrogen) atoms. The van der Waals surface area contributed by atoms with E-state index in [2.05, 4.69) is 16.1 Å². The Hall–Kier alpha value is -4.32. The highest BCUT2D eigenvalue weighted by Crippen LogP contribution is 2.22. The highest BCUT2D eigenvalue weighted by atomic mass is 15.3. The predicted octanol–water partition coefficient (Wildman–Crippen LogP) is 4.75. The Morgan fingerprint density at radius 2 is 1.39 bits per heavy atom. The molecule has 0 bridgehead atoms. The van der Waals surface area contributed by atoms with E-state index in [1.165, 1.54) is 5.56 Å². The molecule has 0 saturated heterocycles. The van der Waals surface area contributed by atoms with Crippen molar-refractivity contribution >= 4 is 21.8 Å². The van der Waals surface area contributed by atoms with Crippen LogP contribution in [0.3, 0.4) is 0 Å². The van der Waals surface area contributed by atoms with E-state index in [-0.39, 0.29) is 0 Å². The molecule has 148 valence electrons. The van der Waals surface area contributed by atoms with Crippen LogP contribution in [0.4, 0.5) is 0 Å². The van der Waals surface area contributed by atoms with E-state index in [9.17, 15) is 0 Å². The van der Waals surface area contributed by atoms with E-state index in [0.29, 0.717) is 0 Å². The number of benzene rings is 2. The summed E-state index contributed by atoms with van der Waals surface area (Å²) in [5.41, 5.74) is 4.11. The number of aromatic nitrogens is 6. The molecule has 6 nitrogen and oxygen atoms in total. The van der Waals surface area contributed by atoms with Gasteiger partial charge in [-0.3, -0.25) is 4.98 Å². The predicted molar refractivity (Wildman–Crippen MR) is 121 cm³/mol. The molecule has 0 atom stereocenters. The molecular weight excluding hydrogens is 384 g/mol. The van der Waals surface area contributed by atoms with Crippen LogP contribution in [0.2, 0.25) is 0 Å². The van der Waals surface area contributed by atoms with Crippen LogP contribution in [-0.4, -0.2) is 29.5 Å². The molecule has 2 aromatic carbocycles. The molecule has 0 aliphatic carbocycles. The number of fused-ring (bicyclic) bond motifs is 2.